The van der Waals surface area contributed by atoms with E-state index in [1.165, 1.54) is 0 Å². The van der Waals surface area contributed by atoms with Crippen molar-refractivity contribution in [2.75, 3.05) is 72.9 Å². The summed E-state index contributed by atoms with van der Waals surface area (Å²) in [5.41, 5.74) is 8.27. The fourth-order valence-electron chi connectivity index (χ4n) is 6.04. The molecule has 3 aromatic rings. The first kappa shape index (κ1) is 31.0. The van der Waals surface area contributed by atoms with Crippen molar-refractivity contribution in [3.05, 3.63) is 59.7 Å². The van der Waals surface area contributed by atoms with Crippen LogP contribution in [0.1, 0.15) is 33.6 Å². The summed E-state index contributed by atoms with van der Waals surface area (Å²) < 4.78 is 28.2. The Bertz CT molecular complexity index is 1640. The molecule has 46 heavy (non-hydrogen) atoms. The van der Waals surface area contributed by atoms with Crippen LogP contribution in [-0.4, -0.2) is 106 Å². The number of benzene rings is 3. The highest BCUT2D eigenvalue weighted by molar-refractivity contribution is 6.03. The molecule has 0 bridgehead atoms. The standard InChI is InChI=1S/C34H39N5O7/c1-42-29-9-7-24(18-30(29)43-2)46-28-8-6-22(17-26(28)35)33(40)38-13-11-37(12-14-38)15-16-45-32-20-27-25(19-31(32)44-3)34(41)39-10-4-5-23(39)21-36-27/h6-9,17-21,23H,4-5,10-16,35H2,1-3H3/t23-/m0/s1. The molecule has 12 heteroatoms. The molecule has 0 aliphatic carbocycles. The number of amides is 2. The van der Waals surface area contributed by atoms with Gasteiger partial charge in [0.25, 0.3) is 11.8 Å². The highest BCUT2D eigenvalue weighted by atomic mass is 16.5. The van der Waals surface area contributed by atoms with E-state index in [0.29, 0.717) is 96.3 Å². The zero-order valence-electron chi connectivity index (χ0n) is 26.4. The number of hydrogen-bond donors (Lipinski definition) is 1. The molecule has 0 saturated carbocycles. The number of ether oxygens (including phenoxy) is 5. The number of hydrogen-bond acceptors (Lipinski definition) is 10. The van der Waals surface area contributed by atoms with Gasteiger partial charge in [-0.15, -0.1) is 0 Å². The second-order valence-electron chi connectivity index (χ2n) is 11.4. The van der Waals surface area contributed by atoms with Gasteiger partial charge in [-0.25, -0.2) is 0 Å². The summed E-state index contributed by atoms with van der Waals surface area (Å²) in [6.07, 6.45) is 3.78. The van der Waals surface area contributed by atoms with E-state index in [1.807, 2.05) is 16.0 Å². The summed E-state index contributed by atoms with van der Waals surface area (Å²) >= 11 is 0. The van der Waals surface area contributed by atoms with Crippen LogP contribution < -0.4 is 29.4 Å². The lowest BCUT2D eigenvalue weighted by molar-refractivity contribution is 0.0619. The minimum absolute atomic E-state index is 0.0196. The zero-order valence-corrected chi connectivity index (χ0v) is 26.4. The Balaban J connectivity index is 1.01. The summed E-state index contributed by atoms with van der Waals surface area (Å²) in [5, 5.41) is 0. The number of fused-ring (bicyclic) bond motifs is 2. The van der Waals surface area contributed by atoms with Crippen molar-refractivity contribution in [2.45, 2.75) is 18.9 Å². The lowest BCUT2D eigenvalue weighted by Gasteiger charge is -2.34. The van der Waals surface area contributed by atoms with Gasteiger partial charge in [0.2, 0.25) is 0 Å². The maximum absolute atomic E-state index is 13.3. The Kier molecular flexibility index (Phi) is 9.16. The number of rotatable bonds is 10. The van der Waals surface area contributed by atoms with Gasteiger partial charge in [0.15, 0.2) is 23.0 Å². The number of carbonyl (C=O) groups excluding carboxylic acids is 2. The van der Waals surface area contributed by atoms with Crippen LogP contribution in [0.15, 0.2) is 53.5 Å². The molecule has 1 atom stereocenters. The van der Waals surface area contributed by atoms with Gasteiger partial charge in [-0.05, 0) is 49.2 Å². The largest absolute Gasteiger partial charge is 0.493 e. The number of nitrogens with zero attached hydrogens (tertiary/aromatic N) is 4. The molecule has 2 saturated heterocycles. The molecule has 0 aromatic heterocycles. The molecule has 2 N–H and O–H groups in total. The summed E-state index contributed by atoms with van der Waals surface area (Å²) in [6.45, 7) is 4.43. The van der Waals surface area contributed by atoms with E-state index in [9.17, 15) is 9.59 Å². The van der Waals surface area contributed by atoms with E-state index in [-0.39, 0.29) is 17.9 Å². The molecule has 3 heterocycles. The van der Waals surface area contributed by atoms with E-state index in [2.05, 4.69) is 9.89 Å². The molecule has 3 aliphatic heterocycles. The van der Waals surface area contributed by atoms with E-state index in [4.69, 9.17) is 29.4 Å². The van der Waals surface area contributed by atoms with Gasteiger partial charge in [-0.1, -0.05) is 0 Å². The van der Waals surface area contributed by atoms with Gasteiger partial charge in [0, 0.05) is 63.2 Å². The number of anilines is 1. The van der Waals surface area contributed by atoms with Gasteiger partial charge in [-0.3, -0.25) is 19.5 Å². The highest BCUT2D eigenvalue weighted by Gasteiger charge is 2.32. The molecule has 12 nitrogen and oxygen atoms in total. The molecule has 0 radical (unpaired) electrons. The average Bonchev–Trinajstić information content (AvgIpc) is 3.52. The van der Waals surface area contributed by atoms with E-state index in [0.717, 1.165) is 19.4 Å². The molecule has 0 unspecified atom stereocenters. The molecule has 3 aromatic carbocycles. The van der Waals surface area contributed by atoms with Crippen LogP contribution in [0.4, 0.5) is 11.4 Å². The lowest BCUT2D eigenvalue weighted by atomic mass is 10.1. The van der Waals surface area contributed by atoms with Gasteiger partial charge in [0.05, 0.1) is 44.3 Å². The fourth-order valence-corrected chi connectivity index (χ4v) is 6.04. The van der Waals surface area contributed by atoms with Gasteiger partial charge < -0.3 is 39.2 Å². The third-order valence-corrected chi connectivity index (χ3v) is 8.62. The summed E-state index contributed by atoms with van der Waals surface area (Å²) in [5.74, 6) is 3.08. The van der Waals surface area contributed by atoms with Gasteiger partial charge >= 0.3 is 0 Å². The van der Waals surface area contributed by atoms with Crippen molar-refractivity contribution in [3.8, 4) is 34.5 Å². The molecular weight excluding hydrogens is 590 g/mol. The molecule has 6 rings (SSSR count). The highest BCUT2D eigenvalue weighted by Crippen LogP contribution is 2.38. The molecule has 2 amide bonds. The second-order valence-corrected chi connectivity index (χ2v) is 11.4. The monoisotopic (exact) mass is 629 g/mol. The smallest absolute Gasteiger partial charge is 0.256 e. The molecule has 0 spiro atoms. The average molecular weight is 630 g/mol. The third kappa shape index (κ3) is 6.38. The Morgan fingerprint density at radius 1 is 0.870 bits per heavy atom. The Labute approximate surface area is 268 Å². The molecule has 3 aliphatic rings. The molecule has 242 valence electrons. The summed E-state index contributed by atoms with van der Waals surface area (Å²) in [4.78, 5) is 37.0. The van der Waals surface area contributed by atoms with Crippen LogP contribution in [0.5, 0.6) is 34.5 Å². The van der Waals surface area contributed by atoms with E-state index in [1.54, 1.807) is 69.9 Å². The predicted octanol–water partition coefficient (Wildman–Crippen LogP) is 4.24. The number of carbonyl (C=O) groups is 2. The first-order valence-electron chi connectivity index (χ1n) is 15.4. The fraction of sp³-hybridized carbons (Fsp3) is 0.382. The van der Waals surface area contributed by atoms with Crippen molar-refractivity contribution in [1.82, 2.24) is 14.7 Å². The first-order valence-corrected chi connectivity index (χ1v) is 15.4. The summed E-state index contributed by atoms with van der Waals surface area (Å²) in [7, 11) is 4.70. The topological polar surface area (TPSA) is 128 Å². The molecule has 2 fully saturated rings. The van der Waals surface area contributed by atoms with Crippen molar-refractivity contribution in [3.63, 3.8) is 0 Å². The van der Waals surface area contributed by atoms with Crippen LogP contribution in [0.3, 0.4) is 0 Å². The first-order chi connectivity index (χ1) is 22.4. The SMILES string of the molecule is COc1ccc(Oc2ccc(C(=O)N3CCN(CCOc4cc5c(cc4OC)C(=O)N4CCC[C@H]4C=N5)CC3)cc2N)cc1OC. The normalized spacial score (nSPS) is 17.6. The van der Waals surface area contributed by atoms with Crippen molar-refractivity contribution < 1.29 is 33.3 Å². The van der Waals surface area contributed by atoms with Crippen LogP contribution in [0.2, 0.25) is 0 Å². The molecular formula is C34H39N5O7. The Morgan fingerprint density at radius 2 is 1.61 bits per heavy atom. The van der Waals surface area contributed by atoms with Crippen molar-refractivity contribution in [1.29, 1.82) is 0 Å². The quantitative estimate of drug-likeness (QED) is 0.328. The van der Waals surface area contributed by atoms with Gasteiger partial charge in [-0.2, -0.15) is 0 Å². The summed E-state index contributed by atoms with van der Waals surface area (Å²) in [6, 6.07) is 13.9. The van der Waals surface area contributed by atoms with E-state index < -0.39 is 0 Å². The van der Waals surface area contributed by atoms with Crippen LogP contribution in [0.25, 0.3) is 0 Å². The number of nitrogens with two attached hydrogens (primary N) is 1. The predicted molar refractivity (Wildman–Crippen MR) is 174 cm³/mol. The van der Waals surface area contributed by atoms with E-state index >= 15 is 0 Å². The maximum atomic E-state index is 13.3. The van der Waals surface area contributed by atoms with Crippen molar-refractivity contribution in [2.24, 2.45) is 4.99 Å². The Morgan fingerprint density at radius 3 is 2.35 bits per heavy atom. The lowest BCUT2D eigenvalue weighted by Crippen LogP contribution is -2.49. The van der Waals surface area contributed by atoms with Crippen molar-refractivity contribution >= 4 is 29.4 Å². The van der Waals surface area contributed by atoms with Crippen LogP contribution in [0, 0.1) is 0 Å². The number of methoxy groups -OCH3 is 3. The second kappa shape index (κ2) is 13.6. The minimum atomic E-state index is -0.0782. The van der Waals surface area contributed by atoms with Crippen LogP contribution >= 0.6 is 0 Å². The van der Waals surface area contributed by atoms with Gasteiger partial charge in [0.1, 0.15) is 18.1 Å². The number of aliphatic imine (C=N–C) groups is 1. The van der Waals surface area contributed by atoms with Crippen LogP contribution in [-0.2, 0) is 0 Å². The number of nitrogen functional groups attached to an aromatic ring is 1. The maximum Gasteiger partial charge on any atom is 0.256 e. The third-order valence-electron chi connectivity index (χ3n) is 8.62. The minimum Gasteiger partial charge on any atom is -0.493 e. The Hall–Kier alpha value is -4.97. The zero-order chi connectivity index (χ0) is 32.2. The number of piperazine rings is 1.